The van der Waals surface area contributed by atoms with Gasteiger partial charge in [-0.3, -0.25) is 0 Å². The first kappa shape index (κ1) is 16.9. The Morgan fingerprint density at radius 3 is 2.75 bits per heavy atom. The summed E-state index contributed by atoms with van der Waals surface area (Å²) in [6.45, 7) is 4.13. The van der Waals surface area contributed by atoms with E-state index in [-0.39, 0.29) is 24.0 Å². The number of nitrogens with one attached hydrogen (secondary N) is 1. The van der Waals surface area contributed by atoms with Crippen LogP contribution in [0.15, 0.2) is 36.4 Å². The summed E-state index contributed by atoms with van der Waals surface area (Å²) < 4.78 is 32.8. The van der Waals surface area contributed by atoms with E-state index in [9.17, 15) is 13.9 Å². The minimum Gasteiger partial charge on any atom is -0.487 e. The molecule has 2 aromatic rings. The van der Waals surface area contributed by atoms with E-state index in [0.717, 1.165) is 17.5 Å². The lowest BCUT2D eigenvalue weighted by Crippen LogP contribution is -2.39. The first-order valence-corrected chi connectivity index (χ1v) is 7.98. The van der Waals surface area contributed by atoms with Crippen molar-refractivity contribution in [3.05, 3.63) is 64.7 Å². The average Bonchev–Trinajstić information content (AvgIpc) is 2.52. The molecule has 0 aliphatic carbocycles. The first-order valence-electron chi connectivity index (χ1n) is 7.98. The number of aliphatic hydroxyl groups excluding tert-OH is 1. The van der Waals surface area contributed by atoms with Gasteiger partial charge in [-0.15, -0.1) is 0 Å². The van der Waals surface area contributed by atoms with E-state index in [1.807, 2.05) is 13.8 Å². The molecule has 1 aliphatic rings. The maximum Gasteiger partial charge on any atom is 0.128 e. The number of hydrogen-bond acceptors (Lipinski definition) is 3. The van der Waals surface area contributed by atoms with E-state index < -0.39 is 11.4 Å². The van der Waals surface area contributed by atoms with E-state index in [0.29, 0.717) is 12.3 Å². The molecule has 1 unspecified atom stereocenters. The Labute approximate surface area is 140 Å². The highest BCUT2D eigenvalue weighted by Gasteiger charge is 2.33. The highest BCUT2D eigenvalue weighted by Crippen LogP contribution is 2.39. The fraction of sp³-hybridized carbons (Fsp3) is 0.368. The van der Waals surface area contributed by atoms with Crippen molar-refractivity contribution in [2.75, 3.05) is 0 Å². The van der Waals surface area contributed by atoms with Gasteiger partial charge in [0.15, 0.2) is 0 Å². The van der Waals surface area contributed by atoms with Crippen LogP contribution in [0.5, 0.6) is 5.75 Å². The van der Waals surface area contributed by atoms with Crippen molar-refractivity contribution >= 4 is 0 Å². The number of ether oxygens (including phenoxy) is 1. The Balaban J connectivity index is 1.80. The molecule has 0 spiro atoms. The molecule has 128 valence electrons. The molecule has 0 saturated heterocycles. The van der Waals surface area contributed by atoms with Gasteiger partial charge >= 0.3 is 0 Å². The van der Waals surface area contributed by atoms with Gasteiger partial charge in [0, 0.05) is 36.2 Å². The fourth-order valence-electron chi connectivity index (χ4n) is 3.11. The van der Waals surface area contributed by atoms with Crippen LogP contribution in [0, 0.1) is 11.6 Å². The number of halogens is 2. The topological polar surface area (TPSA) is 41.5 Å². The molecule has 1 atom stereocenters. The lowest BCUT2D eigenvalue weighted by Gasteiger charge is -2.38. The molecule has 3 rings (SSSR count). The Morgan fingerprint density at radius 2 is 2.00 bits per heavy atom. The summed E-state index contributed by atoms with van der Waals surface area (Å²) in [6.07, 6.45) is 0.736. The Hall–Kier alpha value is -1.98. The van der Waals surface area contributed by atoms with Crippen LogP contribution in [0.25, 0.3) is 0 Å². The lowest BCUT2D eigenvalue weighted by molar-refractivity contribution is 0.0652. The molecule has 5 heteroatoms. The second-order valence-electron chi connectivity index (χ2n) is 6.77. The third-order valence-corrected chi connectivity index (χ3v) is 4.27. The van der Waals surface area contributed by atoms with Crippen molar-refractivity contribution in [1.29, 1.82) is 0 Å². The molecule has 0 radical (unpaired) electrons. The van der Waals surface area contributed by atoms with Crippen molar-refractivity contribution in [1.82, 2.24) is 5.32 Å². The normalized spacial score (nSPS) is 18.8. The molecule has 0 fully saturated rings. The zero-order chi connectivity index (χ0) is 17.3. The summed E-state index contributed by atoms with van der Waals surface area (Å²) in [4.78, 5) is 0. The summed E-state index contributed by atoms with van der Waals surface area (Å²) in [6, 6.07) is 9.28. The number of hydrogen-bond donors (Lipinski definition) is 2. The van der Waals surface area contributed by atoms with Crippen molar-refractivity contribution in [2.24, 2.45) is 0 Å². The Bertz CT molecular complexity index is 746. The van der Waals surface area contributed by atoms with Crippen LogP contribution in [0.3, 0.4) is 0 Å². The average molecular weight is 333 g/mol. The van der Waals surface area contributed by atoms with E-state index in [1.54, 1.807) is 18.2 Å². The molecular formula is C19H21F2NO2. The summed E-state index contributed by atoms with van der Waals surface area (Å²) in [5, 5.41) is 12.6. The maximum atomic E-state index is 13.5. The lowest BCUT2D eigenvalue weighted by atomic mass is 9.89. The molecule has 3 nitrogen and oxygen atoms in total. The summed E-state index contributed by atoms with van der Waals surface area (Å²) in [7, 11) is 0. The van der Waals surface area contributed by atoms with Gasteiger partial charge in [0.25, 0.3) is 0 Å². The number of benzene rings is 2. The van der Waals surface area contributed by atoms with Crippen molar-refractivity contribution in [3.8, 4) is 5.75 Å². The molecule has 0 saturated carbocycles. The predicted octanol–water partition coefficient (Wildman–Crippen LogP) is 3.85. The summed E-state index contributed by atoms with van der Waals surface area (Å²) >= 11 is 0. The summed E-state index contributed by atoms with van der Waals surface area (Å²) in [5.74, 6) is -0.176. The maximum absolute atomic E-state index is 13.5. The van der Waals surface area contributed by atoms with Gasteiger partial charge in [0.1, 0.15) is 23.0 Å². The Morgan fingerprint density at radius 1 is 1.21 bits per heavy atom. The van der Waals surface area contributed by atoms with Gasteiger partial charge in [-0.25, -0.2) is 8.78 Å². The van der Waals surface area contributed by atoms with E-state index in [2.05, 4.69) is 5.32 Å². The second kappa shape index (κ2) is 6.49. The van der Waals surface area contributed by atoms with Gasteiger partial charge in [0.2, 0.25) is 0 Å². The second-order valence-corrected chi connectivity index (χ2v) is 6.77. The smallest absolute Gasteiger partial charge is 0.128 e. The number of rotatable bonds is 4. The third kappa shape index (κ3) is 3.57. The van der Waals surface area contributed by atoms with Crippen LogP contribution < -0.4 is 10.1 Å². The molecule has 2 aromatic carbocycles. The minimum atomic E-state index is -0.408. The van der Waals surface area contributed by atoms with E-state index in [1.165, 1.54) is 18.2 Å². The van der Waals surface area contributed by atoms with Gasteiger partial charge in [-0.2, -0.15) is 0 Å². The standard InChI is InChI=1S/C19H21F2NO2/c1-19(2)9-17(15-5-4-14(20)8-18(15)24-19)22-10-12-3-6-16(21)13(7-12)11-23/h3-8,17,22-23H,9-11H2,1-2H3. The number of aliphatic hydroxyl groups is 1. The van der Waals surface area contributed by atoms with Crippen LogP contribution in [-0.4, -0.2) is 10.7 Å². The van der Waals surface area contributed by atoms with Crippen LogP contribution in [0.1, 0.15) is 43.0 Å². The van der Waals surface area contributed by atoms with Crippen molar-refractivity contribution in [2.45, 2.75) is 45.1 Å². The Kier molecular flexibility index (Phi) is 4.56. The summed E-state index contributed by atoms with van der Waals surface area (Å²) in [5.41, 5.74) is 1.68. The zero-order valence-corrected chi connectivity index (χ0v) is 13.8. The fourth-order valence-corrected chi connectivity index (χ4v) is 3.11. The molecule has 0 amide bonds. The van der Waals surface area contributed by atoms with Crippen LogP contribution in [0.4, 0.5) is 8.78 Å². The molecule has 0 bridgehead atoms. The van der Waals surface area contributed by atoms with E-state index >= 15 is 0 Å². The van der Waals surface area contributed by atoms with Gasteiger partial charge in [-0.05, 0) is 37.6 Å². The molecule has 24 heavy (non-hydrogen) atoms. The third-order valence-electron chi connectivity index (χ3n) is 4.27. The minimum absolute atomic E-state index is 0.00646. The molecule has 2 N–H and O–H groups in total. The molecular weight excluding hydrogens is 312 g/mol. The van der Waals surface area contributed by atoms with E-state index in [4.69, 9.17) is 4.74 Å². The molecule has 0 aromatic heterocycles. The highest BCUT2D eigenvalue weighted by molar-refractivity contribution is 5.39. The van der Waals surface area contributed by atoms with Crippen LogP contribution >= 0.6 is 0 Å². The van der Waals surface area contributed by atoms with Crippen molar-refractivity contribution in [3.63, 3.8) is 0 Å². The molecule has 1 heterocycles. The zero-order valence-electron chi connectivity index (χ0n) is 13.8. The monoisotopic (exact) mass is 333 g/mol. The van der Waals surface area contributed by atoms with Crippen LogP contribution in [-0.2, 0) is 13.2 Å². The van der Waals surface area contributed by atoms with Crippen LogP contribution in [0.2, 0.25) is 0 Å². The highest BCUT2D eigenvalue weighted by atomic mass is 19.1. The van der Waals surface area contributed by atoms with Gasteiger partial charge in [0.05, 0.1) is 6.61 Å². The quantitative estimate of drug-likeness (QED) is 0.893. The SMILES string of the molecule is CC1(C)CC(NCc2ccc(F)c(CO)c2)c2ccc(F)cc2O1. The van der Waals surface area contributed by atoms with Gasteiger partial charge in [-0.1, -0.05) is 12.1 Å². The van der Waals surface area contributed by atoms with Gasteiger partial charge < -0.3 is 15.2 Å². The first-order chi connectivity index (χ1) is 11.4. The predicted molar refractivity (Wildman–Crippen MR) is 87.6 cm³/mol. The largest absolute Gasteiger partial charge is 0.487 e. The van der Waals surface area contributed by atoms with Crippen molar-refractivity contribution < 1.29 is 18.6 Å². The number of fused-ring (bicyclic) bond motifs is 1. The molecule has 1 aliphatic heterocycles.